The third-order valence-electron chi connectivity index (χ3n) is 6.67. The highest BCUT2D eigenvalue weighted by Gasteiger charge is 2.08. The Morgan fingerprint density at radius 2 is 1.74 bits per heavy atom. The summed E-state index contributed by atoms with van der Waals surface area (Å²) in [5.41, 5.74) is 9.01. The summed E-state index contributed by atoms with van der Waals surface area (Å²) >= 11 is 0. The molecule has 1 rings (SSSR count). The van der Waals surface area contributed by atoms with Crippen LogP contribution in [-0.4, -0.2) is 35.4 Å². The van der Waals surface area contributed by atoms with Gasteiger partial charge < -0.3 is 0 Å². The molecule has 0 unspecified atom stereocenters. The molecule has 0 atom stereocenters. The first-order valence-corrected chi connectivity index (χ1v) is 16.0. The monoisotopic (exact) mass is 615 g/mol. The summed E-state index contributed by atoms with van der Waals surface area (Å²) in [6.45, 7) is 22.8. The SMILES string of the molecule is C=C/C=C(C=NCC(/C=C\C)=C/CC(C=C)=NC(/C(CC)=N\C=C/C)=C(\C)CC)\C=C\c1ccc(/C=C\CC=N/C=C\C)c(C)n1. The molecule has 5 heteroatoms. The fourth-order valence-electron chi connectivity index (χ4n) is 4.05. The van der Waals surface area contributed by atoms with Gasteiger partial charge in [0.1, 0.15) is 0 Å². The molecule has 0 aliphatic heterocycles. The first-order chi connectivity index (χ1) is 22.4. The number of pyridine rings is 1. The van der Waals surface area contributed by atoms with Gasteiger partial charge in [-0.3, -0.25) is 25.0 Å². The predicted octanol–water partition coefficient (Wildman–Crippen LogP) is 11.2. The van der Waals surface area contributed by atoms with E-state index >= 15 is 0 Å². The van der Waals surface area contributed by atoms with E-state index in [2.05, 4.69) is 74.3 Å². The molecule has 0 saturated heterocycles. The van der Waals surface area contributed by atoms with Crippen molar-refractivity contribution in [3.63, 3.8) is 0 Å². The average Bonchev–Trinajstić information content (AvgIpc) is 3.06. The maximum Gasteiger partial charge on any atom is 0.0836 e. The van der Waals surface area contributed by atoms with E-state index in [1.807, 2.05) is 94.9 Å². The summed E-state index contributed by atoms with van der Waals surface area (Å²) in [5, 5.41) is 0. The lowest BCUT2D eigenvalue weighted by atomic mass is 10.1. The normalized spacial score (nSPS) is 14.8. The van der Waals surface area contributed by atoms with E-state index in [9.17, 15) is 0 Å². The van der Waals surface area contributed by atoms with Gasteiger partial charge in [-0.1, -0.05) is 93.8 Å². The summed E-state index contributed by atoms with van der Waals surface area (Å²) in [5.74, 6) is 0. The lowest BCUT2D eigenvalue weighted by Gasteiger charge is -2.10. The quantitative estimate of drug-likeness (QED) is 0.113. The van der Waals surface area contributed by atoms with Crippen LogP contribution in [0.1, 0.15) is 84.2 Å². The second kappa shape index (κ2) is 24.5. The van der Waals surface area contributed by atoms with Crippen LogP contribution in [0.5, 0.6) is 0 Å². The molecule has 242 valence electrons. The maximum atomic E-state index is 5.01. The Balaban J connectivity index is 3.10. The maximum absolute atomic E-state index is 5.01. The van der Waals surface area contributed by atoms with Crippen LogP contribution in [0, 0.1) is 6.92 Å². The highest BCUT2D eigenvalue weighted by Crippen LogP contribution is 2.17. The van der Waals surface area contributed by atoms with Crippen LogP contribution in [0.4, 0.5) is 0 Å². The van der Waals surface area contributed by atoms with Crippen LogP contribution in [-0.2, 0) is 0 Å². The highest BCUT2D eigenvalue weighted by molar-refractivity contribution is 6.05. The van der Waals surface area contributed by atoms with E-state index in [-0.39, 0.29) is 0 Å². The van der Waals surface area contributed by atoms with Gasteiger partial charge in [-0.25, -0.2) is 0 Å². The highest BCUT2D eigenvalue weighted by atomic mass is 14.8. The molecule has 0 bridgehead atoms. The average molecular weight is 616 g/mol. The fourth-order valence-corrected chi connectivity index (χ4v) is 4.05. The molecule has 0 aromatic carbocycles. The number of aromatic nitrogens is 1. The van der Waals surface area contributed by atoms with Gasteiger partial charge in [0.25, 0.3) is 0 Å². The van der Waals surface area contributed by atoms with Crippen LogP contribution in [0.15, 0.2) is 141 Å². The van der Waals surface area contributed by atoms with Crippen molar-refractivity contribution in [2.75, 3.05) is 6.54 Å². The Labute approximate surface area is 278 Å². The van der Waals surface area contributed by atoms with Crippen LogP contribution in [0.3, 0.4) is 0 Å². The smallest absolute Gasteiger partial charge is 0.0836 e. The number of rotatable bonds is 19. The molecular formula is C41H53N5. The van der Waals surface area contributed by atoms with E-state index in [1.165, 1.54) is 5.57 Å². The van der Waals surface area contributed by atoms with Gasteiger partial charge in [-0.05, 0) is 88.0 Å². The van der Waals surface area contributed by atoms with Crippen molar-refractivity contribution in [1.82, 2.24) is 4.98 Å². The molecule has 0 aliphatic carbocycles. The number of hydrogen-bond donors (Lipinski definition) is 0. The first-order valence-electron chi connectivity index (χ1n) is 16.0. The minimum Gasteiger partial charge on any atom is -0.288 e. The van der Waals surface area contributed by atoms with Gasteiger partial charge in [0.05, 0.1) is 23.6 Å². The van der Waals surface area contributed by atoms with Crippen molar-refractivity contribution in [3.8, 4) is 0 Å². The van der Waals surface area contributed by atoms with Gasteiger partial charge in [-0.2, -0.15) is 0 Å². The molecule has 1 heterocycles. The standard InChI is InChI=1S/C41H53N5/c1-10-19-35(22-25-38(15-6)46-41(33(8)14-5)40(16-7)44-29-13-4)31-43-32-36(20-11-2)23-26-39-27-24-37(34(9)45-39)21-17-18-30-42-28-12-3/h10-13,15,17,19-24,26-30,32H,2,6,14,16,18,25,31H2,1,3-5,7-9H3/b19-10-,21-17-,26-23+,28-12-,29-13-,35-22+,36-20+,41-33+,42-30?,43-32?,44-40-,46-38?. The van der Waals surface area contributed by atoms with Crippen molar-refractivity contribution in [1.29, 1.82) is 0 Å². The van der Waals surface area contributed by atoms with Gasteiger partial charge in [0, 0.05) is 49.1 Å². The van der Waals surface area contributed by atoms with Crippen molar-refractivity contribution in [2.24, 2.45) is 20.0 Å². The van der Waals surface area contributed by atoms with Crippen LogP contribution >= 0.6 is 0 Å². The summed E-state index contributed by atoms with van der Waals surface area (Å²) < 4.78 is 0. The van der Waals surface area contributed by atoms with Crippen molar-refractivity contribution >= 4 is 36.0 Å². The Bertz CT molecular complexity index is 1490. The largest absolute Gasteiger partial charge is 0.288 e. The number of aryl methyl sites for hydroxylation is 1. The molecule has 0 fully saturated rings. The first kappa shape index (κ1) is 39.3. The zero-order chi connectivity index (χ0) is 34.0. The third-order valence-corrected chi connectivity index (χ3v) is 6.67. The Kier molecular flexibility index (Phi) is 20.9. The Hall–Kier alpha value is -4.77. The topological polar surface area (TPSA) is 62.3 Å². The fraction of sp³-hybridized carbons (Fsp3) is 0.293. The minimum atomic E-state index is 0.536. The van der Waals surface area contributed by atoms with Gasteiger partial charge in [-0.15, -0.1) is 0 Å². The van der Waals surface area contributed by atoms with E-state index in [4.69, 9.17) is 15.0 Å². The van der Waals surface area contributed by atoms with Gasteiger partial charge in [0.15, 0.2) is 0 Å². The molecule has 5 nitrogen and oxygen atoms in total. The predicted molar refractivity (Wildman–Crippen MR) is 207 cm³/mol. The lowest BCUT2D eigenvalue weighted by Crippen LogP contribution is -2.05. The summed E-state index contributed by atoms with van der Waals surface area (Å²) in [4.78, 5) is 23.3. The molecule has 1 aromatic rings. The van der Waals surface area contributed by atoms with E-state index < -0.39 is 0 Å². The molecule has 0 radical (unpaired) electrons. The summed E-state index contributed by atoms with van der Waals surface area (Å²) in [7, 11) is 0. The Morgan fingerprint density at radius 3 is 2.37 bits per heavy atom. The molecular weight excluding hydrogens is 562 g/mol. The van der Waals surface area contributed by atoms with Crippen molar-refractivity contribution in [2.45, 2.75) is 74.1 Å². The molecule has 46 heavy (non-hydrogen) atoms. The van der Waals surface area contributed by atoms with Crippen LogP contribution < -0.4 is 0 Å². The number of aliphatic imine (C=N–C) groups is 4. The van der Waals surface area contributed by atoms with Crippen LogP contribution in [0.25, 0.3) is 12.2 Å². The van der Waals surface area contributed by atoms with Gasteiger partial charge >= 0.3 is 0 Å². The molecule has 0 amide bonds. The zero-order valence-corrected chi connectivity index (χ0v) is 29.1. The Morgan fingerprint density at radius 1 is 0.957 bits per heavy atom. The molecule has 0 aliphatic rings. The number of nitrogens with zero attached hydrogens (tertiary/aromatic N) is 5. The number of hydrogen-bond acceptors (Lipinski definition) is 5. The second-order valence-electron chi connectivity index (χ2n) is 10.3. The minimum absolute atomic E-state index is 0.536. The third kappa shape index (κ3) is 15.8. The lowest BCUT2D eigenvalue weighted by molar-refractivity contribution is 1.06. The molecule has 0 spiro atoms. The number of allylic oxidation sites excluding steroid dienone is 12. The second-order valence-corrected chi connectivity index (χ2v) is 10.3. The molecule has 0 saturated carbocycles. The summed E-state index contributed by atoms with van der Waals surface area (Å²) in [6, 6.07) is 4.10. The zero-order valence-electron chi connectivity index (χ0n) is 29.1. The van der Waals surface area contributed by atoms with Gasteiger partial charge in [0.2, 0.25) is 0 Å². The van der Waals surface area contributed by atoms with Crippen molar-refractivity contribution < 1.29 is 0 Å². The van der Waals surface area contributed by atoms with E-state index in [0.29, 0.717) is 13.0 Å². The van der Waals surface area contributed by atoms with Crippen molar-refractivity contribution in [3.05, 3.63) is 138 Å². The van der Waals surface area contributed by atoms with E-state index in [1.54, 1.807) is 12.3 Å². The molecule has 0 N–H and O–H groups in total. The summed E-state index contributed by atoms with van der Waals surface area (Å²) in [6.07, 6.45) is 34.3. The van der Waals surface area contributed by atoms with E-state index in [0.717, 1.165) is 64.5 Å². The molecule has 1 aromatic heterocycles. The van der Waals surface area contributed by atoms with Crippen LogP contribution in [0.2, 0.25) is 0 Å².